The van der Waals surface area contributed by atoms with Crippen LogP contribution in [0.1, 0.15) is 19.8 Å². The van der Waals surface area contributed by atoms with Crippen LogP contribution in [0.5, 0.6) is 0 Å². The Morgan fingerprint density at radius 3 is 2.90 bits per heavy atom. The van der Waals surface area contributed by atoms with Gasteiger partial charge in [-0.05, 0) is 38.0 Å². The van der Waals surface area contributed by atoms with Gasteiger partial charge in [0.05, 0.1) is 11.9 Å². The zero-order valence-electron chi connectivity index (χ0n) is 11.7. The van der Waals surface area contributed by atoms with Gasteiger partial charge in [0.25, 0.3) is 0 Å². The topological polar surface area (TPSA) is 72.5 Å². The van der Waals surface area contributed by atoms with Crippen molar-refractivity contribution in [3.05, 3.63) is 29.3 Å². The van der Waals surface area contributed by atoms with E-state index in [4.69, 9.17) is 16.3 Å². The van der Waals surface area contributed by atoms with Crippen LogP contribution < -0.4 is 5.32 Å². The van der Waals surface area contributed by atoms with Crippen LogP contribution in [0.3, 0.4) is 0 Å². The summed E-state index contributed by atoms with van der Waals surface area (Å²) in [4.78, 5) is 12.1. The molecule has 0 aromatic heterocycles. The Bertz CT molecular complexity index is 611. The largest absolute Gasteiger partial charge is 0.377 e. The number of halogens is 1. The van der Waals surface area contributed by atoms with E-state index in [0.717, 1.165) is 12.8 Å². The molecule has 1 N–H and O–H groups in total. The summed E-state index contributed by atoms with van der Waals surface area (Å²) < 4.78 is 29.8. The van der Waals surface area contributed by atoms with Crippen LogP contribution in [0.25, 0.3) is 0 Å². The third kappa shape index (κ3) is 4.43. The van der Waals surface area contributed by atoms with Gasteiger partial charge in [-0.3, -0.25) is 4.79 Å². The van der Waals surface area contributed by atoms with E-state index in [1.165, 1.54) is 6.92 Å². The second-order valence-electron chi connectivity index (χ2n) is 5.11. The highest BCUT2D eigenvalue weighted by Crippen LogP contribution is 2.18. The number of anilines is 1. The maximum absolute atomic E-state index is 12.2. The van der Waals surface area contributed by atoms with Crippen LogP contribution in [0.15, 0.2) is 24.3 Å². The zero-order valence-corrected chi connectivity index (χ0v) is 13.3. The van der Waals surface area contributed by atoms with Gasteiger partial charge in [0, 0.05) is 17.3 Å². The highest BCUT2D eigenvalue weighted by Gasteiger charge is 2.32. The summed E-state index contributed by atoms with van der Waals surface area (Å²) in [5.74, 6) is -0.674. The Hall–Kier alpha value is -1.11. The highest BCUT2D eigenvalue weighted by atomic mass is 35.5. The Balaban J connectivity index is 2.00. The lowest BCUT2D eigenvalue weighted by Gasteiger charge is -2.16. The molecule has 1 aromatic carbocycles. The average Bonchev–Trinajstić information content (AvgIpc) is 2.89. The highest BCUT2D eigenvalue weighted by molar-refractivity contribution is 7.92. The van der Waals surface area contributed by atoms with Gasteiger partial charge in [-0.2, -0.15) is 0 Å². The van der Waals surface area contributed by atoms with Gasteiger partial charge in [0.15, 0.2) is 9.84 Å². The van der Waals surface area contributed by atoms with Crippen LogP contribution in [0, 0.1) is 0 Å². The van der Waals surface area contributed by atoms with E-state index in [1.807, 2.05) is 0 Å². The van der Waals surface area contributed by atoms with Crippen molar-refractivity contribution < 1.29 is 17.9 Å². The summed E-state index contributed by atoms with van der Waals surface area (Å²) >= 11 is 5.83. The van der Waals surface area contributed by atoms with Crippen molar-refractivity contribution in [3.8, 4) is 0 Å². The lowest BCUT2D eigenvalue weighted by atomic mass is 10.3. The van der Waals surface area contributed by atoms with Gasteiger partial charge in [0.2, 0.25) is 5.91 Å². The third-order valence-electron chi connectivity index (χ3n) is 3.44. The summed E-state index contributed by atoms with van der Waals surface area (Å²) in [5.41, 5.74) is 0.478. The molecule has 0 saturated carbocycles. The predicted octanol–water partition coefficient (Wildman–Crippen LogP) is 2.26. The Labute approximate surface area is 129 Å². The number of hydrogen-bond acceptors (Lipinski definition) is 4. The lowest BCUT2D eigenvalue weighted by molar-refractivity contribution is -0.115. The number of sulfone groups is 1. The van der Waals surface area contributed by atoms with Crippen LogP contribution in [-0.2, 0) is 19.4 Å². The average molecular weight is 332 g/mol. The molecule has 7 heteroatoms. The molecule has 0 aliphatic carbocycles. The Kier molecular flexibility index (Phi) is 5.24. The van der Waals surface area contributed by atoms with Gasteiger partial charge in [-0.25, -0.2) is 8.42 Å². The van der Waals surface area contributed by atoms with E-state index in [9.17, 15) is 13.2 Å². The van der Waals surface area contributed by atoms with E-state index < -0.39 is 21.0 Å². The van der Waals surface area contributed by atoms with Gasteiger partial charge in [-0.1, -0.05) is 17.7 Å². The molecule has 2 atom stereocenters. The van der Waals surface area contributed by atoms with Crippen LogP contribution in [0.4, 0.5) is 5.69 Å². The third-order valence-corrected chi connectivity index (χ3v) is 5.81. The maximum atomic E-state index is 12.2. The molecule has 2 rings (SSSR count). The van der Waals surface area contributed by atoms with Crippen molar-refractivity contribution in [3.63, 3.8) is 0 Å². The molecule has 1 fully saturated rings. The molecular weight excluding hydrogens is 314 g/mol. The molecule has 0 radical (unpaired) electrons. The van der Waals surface area contributed by atoms with Crippen molar-refractivity contribution >= 4 is 33.0 Å². The van der Waals surface area contributed by atoms with E-state index in [2.05, 4.69) is 5.32 Å². The van der Waals surface area contributed by atoms with Gasteiger partial charge in [0.1, 0.15) is 5.25 Å². The quantitative estimate of drug-likeness (QED) is 0.898. The standard InChI is InChI=1S/C14H18ClNO4S/c1-10(21(18,19)9-13-6-3-7-20-13)14(17)16-12-5-2-4-11(15)8-12/h2,4-5,8,10,13H,3,6-7,9H2,1H3,(H,16,17)/t10-,13-/m1/s1. The molecule has 0 bridgehead atoms. The number of ether oxygens (including phenoxy) is 1. The molecule has 0 unspecified atom stereocenters. The van der Waals surface area contributed by atoms with E-state index in [-0.39, 0.29) is 11.9 Å². The van der Waals surface area contributed by atoms with Crippen molar-refractivity contribution in [1.29, 1.82) is 0 Å². The zero-order chi connectivity index (χ0) is 15.5. The molecule has 1 saturated heterocycles. The molecule has 21 heavy (non-hydrogen) atoms. The number of carbonyl (C=O) groups excluding carboxylic acids is 1. The fourth-order valence-electron chi connectivity index (χ4n) is 2.15. The van der Waals surface area contributed by atoms with Crippen LogP contribution in [-0.4, -0.2) is 38.0 Å². The van der Waals surface area contributed by atoms with E-state index >= 15 is 0 Å². The maximum Gasteiger partial charge on any atom is 0.242 e. The predicted molar refractivity (Wildman–Crippen MR) is 82.3 cm³/mol. The Morgan fingerprint density at radius 1 is 1.52 bits per heavy atom. The van der Waals surface area contributed by atoms with Crippen molar-refractivity contribution in [2.75, 3.05) is 17.7 Å². The normalized spacial score (nSPS) is 20.2. The van der Waals surface area contributed by atoms with Crippen molar-refractivity contribution in [1.82, 2.24) is 0 Å². The fraction of sp³-hybridized carbons (Fsp3) is 0.500. The first kappa shape index (κ1) is 16.3. The minimum Gasteiger partial charge on any atom is -0.377 e. The van der Waals surface area contributed by atoms with Crippen LogP contribution >= 0.6 is 11.6 Å². The molecule has 1 amide bonds. The minimum atomic E-state index is -3.54. The molecule has 1 aliphatic heterocycles. The summed E-state index contributed by atoms with van der Waals surface area (Å²) in [6.07, 6.45) is 1.29. The SMILES string of the molecule is C[C@H](C(=O)Nc1cccc(Cl)c1)S(=O)(=O)C[C@H]1CCCO1. The van der Waals surface area contributed by atoms with Crippen molar-refractivity contribution in [2.45, 2.75) is 31.1 Å². The Morgan fingerprint density at radius 2 is 2.29 bits per heavy atom. The molecule has 1 aliphatic rings. The number of nitrogens with one attached hydrogen (secondary N) is 1. The molecule has 1 aromatic rings. The smallest absolute Gasteiger partial charge is 0.242 e. The first-order valence-electron chi connectivity index (χ1n) is 6.78. The second-order valence-corrected chi connectivity index (χ2v) is 7.91. The molecule has 0 spiro atoms. The van der Waals surface area contributed by atoms with Gasteiger partial charge in [-0.15, -0.1) is 0 Å². The fourth-order valence-corrected chi connectivity index (χ4v) is 3.80. The van der Waals surface area contributed by atoms with E-state index in [1.54, 1.807) is 24.3 Å². The summed E-state index contributed by atoms with van der Waals surface area (Å²) in [6.45, 7) is 1.98. The van der Waals surface area contributed by atoms with E-state index in [0.29, 0.717) is 17.3 Å². The molecule has 1 heterocycles. The summed E-state index contributed by atoms with van der Waals surface area (Å²) in [7, 11) is -3.54. The van der Waals surface area contributed by atoms with Gasteiger partial charge >= 0.3 is 0 Å². The number of amides is 1. The van der Waals surface area contributed by atoms with Gasteiger partial charge < -0.3 is 10.1 Å². The molecule has 116 valence electrons. The number of hydrogen-bond donors (Lipinski definition) is 1. The first-order valence-corrected chi connectivity index (χ1v) is 8.87. The second kappa shape index (κ2) is 6.77. The molecular formula is C14H18ClNO4S. The number of benzene rings is 1. The monoisotopic (exact) mass is 331 g/mol. The molecule has 5 nitrogen and oxygen atoms in total. The summed E-state index contributed by atoms with van der Waals surface area (Å²) in [6, 6.07) is 6.58. The van der Waals surface area contributed by atoms with Crippen LogP contribution in [0.2, 0.25) is 5.02 Å². The minimum absolute atomic E-state index is 0.114. The number of carbonyl (C=O) groups is 1. The lowest BCUT2D eigenvalue weighted by Crippen LogP contribution is -2.37. The first-order chi connectivity index (χ1) is 9.88. The summed E-state index contributed by atoms with van der Waals surface area (Å²) in [5, 5.41) is 1.92. The number of rotatable bonds is 5. The van der Waals surface area contributed by atoms with Crippen molar-refractivity contribution in [2.24, 2.45) is 0 Å².